The molecule has 56 valence electrons. The molecule has 1 aromatic carbocycles. The third-order valence-corrected chi connectivity index (χ3v) is 1.68. The quantitative estimate of drug-likeness (QED) is 0.587. The van der Waals surface area contributed by atoms with Crippen molar-refractivity contribution >= 4 is 33.6 Å². The standard InChI is InChI=1S/C8H5Cl2N/c9-8(10)7-3-1-6(5-11)2-4-7/h1-4,11H. The largest absolute Gasteiger partial charge is 0.258 e. The van der Waals surface area contributed by atoms with E-state index in [0.29, 0.717) is 5.22 Å². The van der Waals surface area contributed by atoms with Gasteiger partial charge in [0.2, 0.25) is 0 Å². The molecule has 0 aliphatic rings. The summed E-state index contributed by atoms with van der Waals surface area (Å²) in [5, 5.41) is 8.27. The van der Waals surface area contributed by atoms with Crippen LogP contribution >= 0.6 is 23.2 Å². The summed E-state index contributed by atoms with van der Waals surface area (Å²) in [5.74, 6) is 2.25. The molecule has 0 atom stereocenters. The third kappa shape index (κ3) is 2.09. The van der Waals surface area contributed by atoms with Crippen LogP contribution in [0.1, 0.15) is 0 Å². The van der Waals surface area contributed by atoms with Crippen molar-refractivity contribution in [3.05, 3.63) is 34.7 Å². The molecule has 0 bridgehead atoms. The van der Waals surface area contributed by atoms with E-state index in [1.807, 2.05) is 0 Å². The molecule has 0 fully saturated rings. The Bertz CT molecular complexity index is 364. The van der Waals surface area contributed by atoms with Gasteiger partial charge in [-0.1, -0.05) is 35.3 Å². The van der Waals surface area contributed by atoms with Gasteiger partial charge >= 0.3 is 0 Å². The fraction of sp³-hybridized carbons (Fsp3) is 0. The average Bonchev–Trinajstić information content (AvgIpc) is 2.05. The van der Waals surface area contributed by atoms with Gasteiger partial charge in [0.05, 0.1) is 0 Å². The highest BCUT2D eigenvalue weighted by Crippen LogP contribution is 2.03. The van der Waals surface area contributed by atoms with Gasteiger partial charge in [0, 0.05) is 10.4 Å². The maximum atomic E-state index is 6.80. The molecule has 11 heavy (non-hydrogen) atoms. The van der Waals surface area contributed by atoms with Gasteiger partial charge in [0.25, 0.3) is 0 Å². The molecule has 0 saturated heterocycles. The van der Waals surface area contributed by atoms with E-state index in [4.69, 9.17) is 28.6 Å². The first kappa shape index (κ1) is 8.35. The lowest BCUT2D eigenvalue weighted by Gasteiger charge is -1.84. The molecule has 0 heterocycles. The van der Waals surface area contributed by atoms with Gasteiger partial charge in [0.1, 0.15) is 4.49 Å². The molecular formula is C8H5Cl2N. The first-order valence-electron chi connectivity index (χ1n) is 2.95. The maximum Gasteiger partial charge on any atom is 0.114 e. The molecule has 0 unspecified atom stereocenters. The molecule has 0 aliphatic carbocycles. The van der Waals surface area contributed by atoms with Crippen molar-refractivity contribution in [2.45, 2.75) is 0 Å². The summed E-state index contributed by atoms with van der Waals surface area (Å²) in [7, 11) is 0. The number of rotatable bonds is 0. The molecule has 1 nitrogen and oxygen atoms in total. The van der Waals surface area contributed by atoms with Gasteiger partial charge in [-0.3, -0.25) is 5.41 Å². The van der Waals surface area contributed by atoms with E-state index in [2.05, 4.69) is 5.87 Å². The van der Waals surface area contributed by atoms with Crippen LogP contribution in [0.3, 0.4) is 0 Å². The zero-order valence-corrected chi connectivity index (χ0v) is 7.08. The predicted molar refractivity (Wildman–Crippen MR) is 47.6 cm³/mol. The lowest BCUT2D eigenvalue weighted by Crippen LogP contribution is -2.07. The zero-order valence-electron chi connectivity index (χ0n) is 5.57. The van der Waals surface area contributed by atoms with Crippen LogP contribution in [-0.4, -0.2) is 5.87 Å². The van der Waals surface area contributed by atoms with Gasteiger partial charge in [-0.15, -0.1) is 0 Å². The molecule has 1 N–H and O–H groups in total. The Labute approximate surface area is 74.1 Å². The highest BCUT2D eigenvalue weighted by Gasteiger charge is 1.84. The van der Waals surface area contributed by atoms with E-state index in [-0.39, 0.29) is 4.49 Å². The lowest BCUT2D eigenvalue weighted by atomic mass is 10.3. The minimum absolute atomic E-state index is 0.238. The van der Waals surface area contributed by atoms with E-state index in [1.54, 1.807) is 24.3 Å². The second kappa shape index (κ2) is 3.59. The van der Waals surface area contributed by atoms with E-state index < -0.39 is 0 Å². The average molecular weight is 186 g/mol. The van der Waals surface area contributed by atoms with Crippen molar-refractivity contribution in [3.8, 4) is 0 Å². The molecular weight excluding hydrogens is 181 g/mol. The Kier molecular flexibility index (Phi) is 2.72. The summed E-state index contributed by atoms with van der Waals surface area (Å²) in [4.78, 5) is 0. The lowest BCUT2D eigenvalue weighted by molar-refractivity contribution is 1.52. The third-order valence-electron chi connectivity index (χ3n) is 1.25. The van der Waals surface area contributed by atoms with Crippen LogP contribution in [-0.2, 0) is 0 Å². The summed E-state index contributed by atoms with van der Waals surface area (Å²) in [6, 6.07) is 6.94. The van der Waals surface area contributed by atoms with Crippen molar-refractivity contribution in [1.29, 1.82) is 5.41 Å². The van der Waals surface area contributed by atoms with E-state index in [1.165, 1.54) is 0 Å². The minimum atomic E-state index is 0.238. The Morgan fingerprint density at radius 2 is 1.73 bits per heavy atom. The summed E-state index contributed by atoms with van der Waals surface area (Å²) < 4.78 is 0.238. The molecule has 0 aromatic heterocycles. The van der Waals surface area contributed by atoms with Crippen LogP contribution in [0.25, 0.3) is 4.49 Å². The van der Waals surface area contributed by atoms with Crippen molar-refractivity contribution < 1.29 is 0 Å². The van der Waals surface area contributed by atoms with Crippen molar-refractivity contribution in [2.75, 3.05) is 0 Å². The van der Waals surface area contributed by atoms with Gasteiger partial charge < -0.3 is 0 Å². The highest BCUT2D eigenvalue weighted by atomic mass is 35.5. The molecule has 3 heteroatoms. The number of benzene rings is 1. The van der Waals surface area contributed by atoms with E-state index >= 15 is 0 Å². The molecule has 1 aromatic rings. The minimum Gasteiger partial charge on any atom is -0.258 e. The second-order valence-electron chi connectivity index (χ2n) is 1.96. The number of hydrogen-bond acceptors (Lipinski definition) is 1. The summed E-state index contributed by atoms with van der Waals surface area (Å²) in [6.07, 6.45) is 0. The molecule has 0 spiro atoms. The second-order valence-corrected chi connectivity index (χ2v) is 2.91. The van der Waals surface area contributed by atoms with Crippen molar-refractivity contribution in [3.63, 3.8) is 0 Å². The highest BCUT2D eigenvalue weighted by molar-refractivity contribution is 6.73. The topological polar surface area (TPSA) is 23.9 Å². The Hall–Kier alpha value is -0.750. The molecule has 0 radical (unpaired) electrons. The Balaban J connectivity index is 3.45. The summed E-state index contributed by atoms with van der Waals surface area (Å²) in [5.41, 5.74) is 0. The van der Waals surface area contributed by atoms with Gasteiger partial charge in [-0.25, -0.2) is 0 Å². The molecule has 1 rings (SSSR count). The molecule has 0 amide bonds. The van der Waals surface area contributed by atoms with Crippen LogP contribution < -0.4 is 10.4 Å². The van der Waals surface area contributed by atoms with Gasteiger partial charge in [-0.05, 0) is 18.0 Å². The number of halogens is 2. The normalized spacial score (nSPS) is 8.91. The van der Waals surface area contributed by atoms with Gasteiger partial charge in [-0.2, -0.15) is 0 Å². The summed E-state index contributed by atoms with van der Waals surface area (Å²) >= 11 is 11.0. The zero-order chi connectivity index (χ0) is 8.27. The first-order chi connectivity index (χ1) is 5.24. The van der Waals surface area contributed by atoms with Crippen molar-refractivity contribution in [2.24, 2.45) is 0 Å². The Morgan fingerprint density at radius 1 is 1.18 bits per heavy atom. The maximum absolute atomic E-state index is 6.80. The van der Waals surface area contributed by atoms with E-state index in [0.717, 1.165) is 5.22 Å². The predicted octanol–water partition coefficient (Wildman–Crippen LogP) is 1.15. The van der Waals surface area contributed by atoms with Gasteiger partial charge in [0.15, 0.2) is 0 Å². The Morgan fingerprint density at radius 3 is 2.09 bits per heavy atom. The smallest absolute Gasteiger partial charge is 0.114 e. The number of hydrogen-bond donors (Lipinski definition) is 1. The van der Waals surface area contributed by atoms with Crippen LogP contribution in [0.2, 0.25) is 0 Å². The number of nitrogens with one attached hydrogen (secondary N) is 1. The summed E-state index contributed by atoms with van der Waals surface area (Å²) in [6.45, 7) is 0. The van der Waals surface area contributed by atoms with Crippen LogP contribution in [0.4, 0.5) is 0 Å². The molecule has 0 aliphatic heterocycles. The van der Waals surface area contributed by atoms with Crippen LogP contribution in [0.5, 0.6) is 0 Å². The van der Waals surface area contributed by atoms with Crippen molar-refractivity contribution in [1.82, 2.24) is 0 Å². The van der Waals surface area contributed by atoms with E-state index in [9.17, 15) is 0 Å². The van der Waals surface area contributed by atoms with Crippen LogP contribution in [0.15, 0.2) is 24.3 Å². The fourth-order valence-corrected chi connectivity index (χ4v) is 0.932. The monoisotopic (exact) mass is 185 g/mol. The SMILES string of the molecule is N=C=c1ccc(=C(Cl)Cl)cc1. The van der Waals surface area contributed by atoms with Crippen LogP contribution in [0, 0.1) is 5.41 Å². The first-order valence-corrected chi connectivity index (χ1v) is 3.71. The fourth-order valence-electron chi connectivity index (χ4n) is 0.680. The molecule has 0 saturated carbocycles.